The number of nitrogens with two attached hydrogens (primary N) is 1. The van der Waals surface area contributed by atoms with Crippen LogP contribution in [0.25, 0.3) is 10.4 Å². The predicted octanol–water partition coefficient (Wildman–Crippen LogP) is 2.66. The SMILES string of the molecule is CCc1nc(C)sc1-c1ccc(N)nc1. The Bertz CT molecular complexity index is 459. The molecule has 0 amide bonds. The fraction of sp³-hybridized carbons (Fsp3) is 0.273. The van der Waals surface area contributed by atoms with E-state index < -0.39 is 0 Å². The molecule has 3 nitrogen and oxygen atoms in total. The molecule has 78 valence electrons. The minimum absolute atomic E-state index is 0.554. The van der Waals surface area contributed by atoms with Gasteiger partial charge >= 0.3 is 0 Å². The maximum atomic E-state index is 5.56. The van der Waals surface area contributed by atoms with Gasteiger partial charge in [-0.2, -0.15) is 0 Å². The van der Waals surface area contributed by atoms with Crippen molar-refractivity contribution in [3.8, 4) is 10.4 Å². The van der Waals surface area contributed by atoms with Crippen LogP contribution in [0, 0.1) is 6.92 Å². The van der Waals surface area contributed by atoms with Crippen LogP contribution >= 0.6 is 11.3 Å². The van der Waals surface area contributed by atoms with Gasteiger partial charge in [0.2, 0.25) is 0 Å². The van der Waals surface area contributed by atoms with Gasteiger partial charge in [-0.25, -0.2) is 9.97 Å². The second kappa shape index (κ2) is 3.98. The van der Waals surface area contributed by atoms with Crippen molar-refractivity contribution in [2.45, 2.75) is 20.3 Å². The van der Waals surface area contributed by atoms with E-state index in [0.29, 0.717) is 5.82 Å². The monoisotopic (exact) mass is 219 g/mol. The second-order valence-corrected chi connectivity index (χ2v) is 4.54. The Labute approximate surface area is 93.0 Å². The zero-order valence-corrected chi connectivity index (χ0v) is 9.64. The van der Waals surface area contributed by atoms with Crippen LogP contribution < -0.4 is 5.73 Å². The number of hydrogen-bond donors (Lipinski definition) is 1. The van der Waals surface area contributed by atoms with E-state index in [1.807, 2.05) is 19.1 Å². The molecule has 0 aliphatic heterocycles. The standard InChI is InChI=1S/C11H13N3S/c1-3-9-11(15-7(2)14-9)8-4-5-10(12)13-6-8/h4-6H,3H2,1-2H3,(H2,12,13). The first-order chi connectivity index (χ1) is 7.20. The molecule has 0 unspecified atom stereocenters. The lowest BCUT2D eigenvalue weighted by atomic mass is 10.2. The predicted molar refractivity (Wildman–Crippen MR) is 63.9 cm³/mol. The Hall–Kier alpha value is -1.42. The van der Waals surface area contributed by atoms with Crippen LogP contribution in [0.3, 0.4) is 0 Å². The molecule has 2 N–H and O–H groups in total. The molecule has 0 bridgehead atoms. The largest absolute Gasteiger partial charge is 0.384 e. The molecule has 0 aromatic carbocycles. The van der Waals surface area contributed by atoms with Gasteiger partial charge in [0.05, 0.1) is 15.6 Å². The van der Waals surface area contributed by atoms with Gasteiger partial charge in [-0.1, -0.05) is 6.92 Å². The van der Waals surface area contributed by atoms with Gasteiger partial charge in [0.1, 0.15) is 5.82 Å². The van der Waals surface area contributed by atoms with Crippen molar-refractivity contribution in [3.63, 3.8) is 0 Å². The van der Waals surface area contributed by atoms with Gasteiger partial charge in [-0.15, -0.1) is 11.3 Å². The summed E-state index contributed by atoms with van der Waals surface area (Å²) < 4.78 is 0. The van der Waals surface area contributed by atoms with Crippen molar-refractivity contribution in [1.29, 1.82) is 0 Å². The maximum absolute atomic E-state index is 5.56. The number of hydrogen-bond acceptors (Lipinski definition) is 4. The first-order valence-corrected chi connectivity index (χ1v) is 5.70. The van der Waals surface area contributed by atoms with E-state index in [1.54, 1.807) is 17.5 Å². The first kappa shape index (κ1) is 10.1. The van der Waals surface area contributed by atoms with Crippen molar-refractivity contribution in [2.75, 3.05) is 5.73 Å². The number of nitrogen functional groups attached to an aromatic ring is 1. The lowest BCUT2D eigenvalue weighted by Gasteiger charge is -1.99. The van der Waals surface area contributed by atoms with Crippen molar-refractivity contribution in [3.05, 3.63) is 29.0 Å². The molecule has 4 heteroatoms. The summed E-state index contributed by atoms with van der Waals surface area (Å²) in [6.45, 7) is 4.14. The average Bonchev–Trinajstić information content (AvgIpc) is 2.61. The van der Waals surface area contributed by atoms with E-state index in [2.05, 4.69) is 16.9 Å². The van der Waals surface area contributed by atoms with Crippen LogP contribution in [-0.4, -0.2) is 9.97 Å². The zero-order chi connectivity index (χ0) is 10.8. The van der Waals surface area contributed by atoms with Gasteiger partial charge in [0, 0.05) is 11.8 Å². The highest BCUT2D eigenvalue weighted by atomic mass is 32.1. The van der Waals surface area contributed by atoms with Gasteiger partial charge in [-0.05, 0) is 25.5 Å². The molecule has 0 spiro atoms. The summed E-state index contributed by atoms with van der Waals surface area (Å²) in [5, 5.41) is 1.10. The summed E-state index contributed by atoms with van der Waals surface area (Å²) >= 11 is 1.71. The Morgan fingerprint density at radius 3 is 2.80 bits per heavy atom. The van der Waals surface area contributed by atoms with Crippen LogP contribution in [0.15, 0.2) is 18.3 Å². The van der Waals surface area contributed by atoms with E-state index in [9.17, 15) is 0 Å². The molecule has 2 aromatic rings. The van der Waals surface area contributed by atoms with E-state index >= 15 is 0 Å². The summed E-state index contributed by atoms with van der Waals surface area (Å²) in [4.78, 5) is 9.79. The number of thiazole rings is 1. The summed E-state index contributed by atoms with van der Waals surface area (Å²) in [5.74, 6) is 0.554. The highest BCUT2D eigenvalue weighted by Crippen LogP contribution is 2.30. The Balaban J connectivity index is 2.48. The van der Waals surface area contributed by atoms with E-state index in [1.165, 1.54) is 4.88 Å². The Kier molecular flexibility index (Phi) is 2.68. The summed E-state index contributed by atoms with van der Waals surface area (Å²) in [6, 6.07) is 3.82. The van der Waals surface area contributed by atoms with Crippen molar-refractivity contribution >= 4 is 17.2 Å². The van der Waals surface area contributed by atoms with Crippen LogP contribution in [0.2, 0.25) is 0 Å². The minimum atomic E-state index is 0.554. The van der Waals surface area contributed by atoms with E-state index in [0.717, 1.165) is 22.7 Å². The number of nitrogens with zero attached hydrogens (tertiary/aromatic N) is 2. The molecule has 2 rings (SSSR count). The molecule has 0 aliphatic carbocycles. The number of aryl methyl sites for hydroxylation is 2. The van der Waals surface area contributed by atoms with Crippen LogP contribution in [0.1, 0.15) is 17.6 Å². The molecule has 2 aromatic heterocycles. The smallest absolute Gasteiger partial charge is 0.123 e. The van der Waals surface area contributed by atoms with Gasteiger partial charge in [-0.3, -0.25) is 0 Å². The normalized spacial score (nSPS) is 10.5. The molecular formula is C11H13N3S. The molecule has 0 aliphatic rings. The number of rotatable bonds is 2. The van der Waals surface area contributed by atoms with Gasteiger partial charge < -0.3 is 5.73 Å². The third-order valence-electron chi connectivity index (χ3n) is 2.19. The van der Waals surface area contributed by atoms with Gasteiger partial charge in [0.15, 0.2) is 0 Å². The summed E-state index contributed by atoms with van der Waals surface area (Å²) in [7, 11) is 0. The minimum Gasteiger partial charge on any atom is -0.384 e. The molecule has 0 saturated heterocycles. The van der Waals surface area contributed by atoms with Crippen LogP contribution in [0.5, 0.6) is 0 Å². The Morgan fingerprint density at radius 1 is 1.40 bits per heavy atom. The number of pyridine rings is 1. The molecule has 2 heterocycles. The first-order valence-electron chi connectivity index (χ1n) is 4.89. The number of anilines is 1. The molecule has 0 radical (unpaired) electrons. The Morgan fingerprint density at radius 2 is 2.20 bits per heavy atom. The topological polar surface area (TPSA) is 51.8 Å². The van der Waals surface area contributed by atoms with Crippen molar-refractivity contribution in [1.82, 2.24) is 9.97 Å². The zero-order valence-electron chi connectivity index (χ0n) is 8.82. The molecule has 0 fully saturated rings. The fourth-order valence-corrected chi connectivity index (χ4v) is 2.47. The molecule has 0 saturated carbocycles. The van der Waals surface area contributed by atoms with Crippen LogP contribution in [-0.2, 0) is 6.42 Å². The summed E-state index contributed by atoms with van der Waals surface area (Å²) in [5.41, 5.74) is 7.80. The molecule has 0 atom stereocenters. The molecule has 15 heavy (non-hydrogen) atoms. The summed E-state index contributed by atoms with van der Waals surface area (Å²) in [6.07, 6.45) is 2.76. The third kappa shape index (κ3) is 1.99. The highest BCUT2D eigenvalue weighted by molar-refractivity contribution is 7.15. The maximum Gasteiger partial charge on any atom is 0.123 e. The molecular weight excluding hydrogens is 206 g/mol. The second-order valence-electron chi connectivity index (χ2n) is 3.33. The van der Waals surface area contributed by atoms with Crippen molar-refractivity contribution in [2.24, 2.45) is 0 Å². The van der Waals surface area contributed by atoms with Gasteiger partial charge in [0.25, 0.3) is 0 Å². The fourth-order valence-electron chi connectivity index (χ4n) is 1.48. The average molecular weight is 219 g/mol. The number of aromatic nitrogens is 2. The quantitative estimate of drug-likeness (QED) is 0.844. The van der Waals surface area contributed by atoms with Crippen LogP contribution in [0.4, 0.5) is 5.82 Å². The van der Waals surface area contributed by atoms with E-state index in [-0.39, 0.29) is 0 Å². The van der Waals surface area contributed by atoms with Crippen molar-refractivity contribution < 1.29 is 0 Å². The lowest BCUT2D eigenvalue weighted by Crippen LogP contribution is -1.89. The lowest BCUT2D eigenvalue weighted by molar-refractivity contribution is 1.05. The highest BCUT2D eigenvalue weighted by Gasteiger charge is 2.09. The van der Waals surface area contributed by atoms with E-state index in [4.69, 9.17) is 5.73 Å². The third-order valence-corrected chi connectivity index (χ3v) is 3.25.